The van der Waals surface area contributed by atoms with E-state index in [1.54, 1.807) is 36.4 Å². The first-order chi connectivity index (χ1) is 13.8. The minimum absolute atomic E-state index is 0.0946. The molecule has 0 unspecified atom stereocenters. The molecule has 0 saturated carbocycles. The molecule has 0 radical (unpaired) electrons. The van der Waals surface area contributed by atoms with E-state index in [0.29, 0.717) is 16.4 Å². The second-order valence-electron chi connectivity index (χ2n) is 6.20. The Hall–Kier alpha value is -2.48. The largest absolute Gasteiger partial charge is 0.325 e. The van der Waals surface area contributed by atoms with Gasteiger partial charge in [-0.3, -0.25) is 9.52 Å². The number of amides is 1. The van der Waals surface area contributed by atoms with Gasteiger partial charge in [-0.2, -0.15) is 0 Å². The highest BCUT2D eigenvalue weighted by atomic mass is 35.5. The molecule has 0 saturated heterocycles. The SMILES string of the molecule is C[C@H](Sc1ccccc1)C(=O)Nc1ccc(S(=O)(=O)Nc2ccc(Cl)cc2)cc1. The van der Waals surface area contributed by atoms with Crippen molar-refractivity contribution in [2.45, 2.75) is 22.0 Å². The zero-order chi connectivity index (χ0) is 20.9. The van der Waals surface area contributed by atoms with Crippen molar-refractivity contribution in [3.63, 3.8) is 0 Å². The van der Waals surface area contributed by atoms with Crippen LogP contribution in [-0.4, -0.2) is 19.6 Å². The first kappa shape index (κ1) is 21.2. The van der Waals surface area contributed by atoms with Crippen molar-refractivity contribution in [2.75, 3.05) is 10.0 Å². The van der Waals surface area contributed by atoms with Gasteiger partial charge in [-0.1, -0.05) is 29.8 Å². The molecule has 0 aliphatic rings. The van der Waals surface area contributed by atoms with Gasteiger partial charge in [-0.05, 0) is 67.6 Å². The molecule has 0 spiro atoms. The summed E-state index contributed by atoms with van der Waals surface area (Å²) in [5.41, 5.74) is 0.944. The highest BCUT2D eigenvalue weighted by molar-refractivity contribution is 8.00. The van der Waals surface area contributed by atoms with Crippen molar-refractivity contribution in [1.82, 2.24) is 0 Å². The van der Waals surface area contributed by atoms with Gasteiger partial charge < -0.3 is 5.32 Å². The second kappa shape index (κ2) is 9.35. The monoisotopic (exact) mass is 446 g/mol. The fraction of sp³-hybridized carbons (Fsp3) is 0.0952. The third kappa shape index (κ3) is 6.00. The number of hydrogen-bond donors (Lipinski definition) is 2. The molecule has 3 aromatic carbocycles. The lowest BCUT2D eigenvalue weighted by Crippen LogP contribution is -2.22. The van der Waals surface area contributed by atoms with E-state index in [1.165, 1.54) is 23.9 Å². The Bertz CT molecular complexity index is 1070. The van der Waals surface area contributed by atoms with E-state index in [-0.39, 0.29) is 16.1 Å². The predicted molar refractivity (Wildman–Crippen MR) is 119 cm³/mol. The van der Waals surface area contributed by atoms with Crippen LogP contribution in [-0.2, 0) is 14.8 Å². The number of thioether (sulfide) groups is 1. The molecule has 0 aromatic heterocycles. The quantitative estimate of drug-likeness (QED) is 0.485. The number of hydrogen-bond acceptors (Lipinski definition) is 4. The van der Waals surface area contributed by atoms with Gasteiger partial charge in [-0.15, -0.1) is 11.8 Å². The van der Waals surface area contributed by atoms with Gasteiger partial charge in [0, 0.05) is 21.3 Å². The van der Waals surface area contributed by atoms with Crippen molar-refractivity contribution in [3.8, 4) is 0 Å². The molecular weight excluding hydrogens is 428 g/mol. The van der Waals surface area contributed by atoms with Gasteiger partial charge in [0.1, 0.15) is 0 Å². The summed E-state index contributed by atoms with van der Waals surface area (Å²) in [5.74, 6) is -0.159. The van der Waals surface area contributed by atoms with Crippen LogP contribution in [0.4, 0.5) is 11.4 Å². The summed E-state index contributed by atoms with van der Waals surface area (Å²) in [6, 6.07) is 22.1. The number of benzene rings is 3. The Balaban J connectivity index is 1.63. The molecule has 3 aromatic rings. The lowest BCUT2D eigenvalue weighted by atomic mass is 10.3. The lowest BCUT2D eigenvalue weighted by Gasteiger charge is -2.13. The summed E-state index contributed by atoms with van der Waals surface area (Å²) in [4.78, 5) is 13.5. The van der Waals surface area contributed by atoms with Crippen LogP contribution in [0.3, 0.4) is 0 Å². The molecule has 2 N–H and O–H groups in total. The molecule has 3 rings (SSSR count). The summed E-state index contributed by atoms with van der Waals surface area (Å²) in [6.07, 6.45) is 0. The number of anilines is 2. The number of sulfonamides is 1. The van der Waals surface area contributed by atoms with Crippen molar-refractivity contribution in [1.29, 1.82) is 0 Å². The Morgan fingerprint density at radius 2 is 1.48 bits per heavy atom. The summed E-state index contributed by atoms with van der Waals surface area (Å²) in [7, 11) is -3.74. The number of nitrogens with one attached hydrogen (secondary N) is 2. The molecule has 0 heterocycles. The van der Waals surface area contributed by atoms with Crippen LogP contribution < -0.4 is 10.0 Å². The van der Waals surface area contributed by atoms with Crippen LogP contribution in [0, 0.1) is 0 Å². The van der Waals surface area contributed by atoms with Crippen molar-refractivity contribution >= 4 is 50.7 Å². The summed E-state index contributed by atoms with van der Waals surface area (Å²) in [6.45, 7) is 1.82. The number of halogens is 1. The number of carbonyl (C=O) groups excluding carboxylic acids is 1. The zero-order valence-electron chi connectivity index (χ0n) is 15.5. The molecule has 0 fully saturated rings. The van der Waals surface area contributed by atoms with Crippen LogP contribution in [0.5, 0.6) is 0 Å². The lowest BCUT2D eigenvalue weighted by molar-refractivity contribution is -0.115. The molecule has 8 heteroatoms. The standard InChI is InChI=1S/C21H19ClN2O3S2/c1-15(28-19-5-3-2-4-6-19)21(25)23-17-11-13-20(14-12-17)29(26,27)24-18-9-7-16(22)8-10-18/h2-15,24H,1H3,(H,23,25)/t15-/m0/s1. The fourth-order valence-corrected chi connectivity index (χ4v) is 4.52. The van der Waals surface area contributed by atoms with E-state index in [0.717, 1.165) is 4.90 Å². The molecule has 1 atom stereocenters. The molecule has 150 valence electrons. The third-order valence-electron chi connectivity index (χ3n) is 3.95. The van der Waals surface area contributed by atoms with Gasteiger partial charge >= 0.3 is 0 Å². The summed E-state index contributed by atoms with van der Waals surface area (Å²) >= 11 is 7.27. The fourth-order valence-electron chi connectivity index (χ4n) is 2.45. The van der Waals surface area contributed by atoms with E-state index in [2.05, 4.69) is 10.0 Å². The highest BCUT2D eigenvalue weighted by Crippen LogP contribution is 2.24. The topological polar surface area (TPSA) is 75.3 Å². The third-order valence-corrected chi connectivity index (χ3v) is 6.72. The maximum Gasteiger partial charge on any atom is 0.261 e. The first-order valence-electron chi connectivity index (χ1n) is 8.74. The van der Waals surface area contributed by atoms with Crippen molar-refractivity contribution in [3.05, 3.63) is 83.9 Å². The second-order valence-corrected chi connectivity index (χ2v) is 9.73. The maximum atomic E-state index is 12.5. The minimum atomic E-state index is -3.74. The molecule has 0 aliphatic carbocycles. The average molecular weight is 447 g/mol. The van der Waals surface area contributed by atoms with Crippen LogP contribution in [0.15, 0.2) is 88.7 Å². The Morgan fingerprint density at radius 1 is 0.897 bits per heavy atom. The molecule has 0 bridgehead atoms. The van der Waals surface area contributed by atoms with E-state index < -0.39 is 10.0 Å². The van der Waals surface area contributed by atoms with Gasteiger partial charge in [0.25, 0.3) is 10.0 Å². The molecule has 5 nitrogen and oxygen atoms in total. The van der Waals surface area contributed by atoms with Gasteiger partial charge in [0.2, 0.25) is 5.91 Å². The Labute approximate surface area is 179 Å². The van der Waals surface area contributed by atoms with Crippen LogP contribution >= 0.6 is 23.4 Å². The molecule has 29 heavy (non-hydrogen) atoms. The highest BCUT2D eigenvalue weighted by Gasteiger charge is 2.17. The van der Waals surface area contributed by atoms with Crippen molar-refractivity contribution < 1.29 is 13.2 Å². The Morgan fingerprint density at radius 3 is 2.10 bits per heavy atom. The minimum Gasteiger partial charge on any atom is -0.325 e. The van der Waals surface area contributed by atoms with Crippen molar-refractivity contribution in [2.24, 2.45) is 0 Å². The van der Waals surface area contributed by atoms with Gasteiger partial charge in [-0.25, -0.2) is 8.42 Å². The molecular formula is C21H19ClN2O3S2. The maximum absolute atomic E-state index is 12.5. The molecule has 1 amide bonds. The summed E-state index contributed by atoms with van der Waals surface area (Å²) < 4.78 is 27.5. The van der Waals surface area contributed by atoms with Crippen LogP contribution in [0.2, 0.25) is 5.02 Å². The first-order valence-corrected chi connectivity index (χ1v) is 11.5. The average Bonchev–Trinajstić information content (AvgIpc) is 2.71. The smallest absolute Gasteiger partial charge is 0.261 e. The predicted octanol–water partition coefficient (Wildman–Crippen LogP) is 5.26. The van der Waals surface area contributed by atoms with E-state index in [1.807, 2.05) is 37.3 Å². The van der Waals surface area contributed by atoms with Crippen LogP contribution in [0.1, 0.15) is 6.92 Å². The van der Waals surface area contributed by atoms with Gasteiger partial charge in [0.15, 0.2) is 0 Å². The number of rotatable bonds is 7. The zero-order valence-corrected chi connectivity index (χ0v) is 17.9. The van der Waals surface area contributed by atoms with Gasteiger partial charge in [0.05, 0.1) is 10.1 Å². The number of carbonyl (C=O) groups is 1. The molecule has 0 aliphatic heterocycles. The summed E-state index contributed by atoms with van der Waals surface area (Å²) in [5, 5.41) is 3.03. The Kier molecular flexibility index (Phi) is 6.84. The van der Waals surface area contributed by atoms with Crippen LogP contribution in [0.25, 0.3) is 0 Å². The van der Waals surface area contributed by atoms with E-state index in [4.69, 9.17) is 11.6 Å². The van der Waals surface area contributed by atoms with E-state index >= 15 is 0 Å². The van der Waals surface area contributed by atoms with E-state index in [9.17, 15) is 13.2 Å². The normalized spacial score (nSPS) is 12.2.